The van der Waals surface area contributed by atoms with Gasteiger partial charge in [-0.15, -0.1) is 0 Å². The average molecular weight is 751 g/mol. The van der Waals surface area contributed by atoms with E-state index in [9.17, 15) is 14.4 Å². The Morgan fingerprint density at radius 1 is 0.358 bits per heavy atom. The molecule has 53 heavy (non-hydrogen) atoms. The lowest BCUT2D eigenvalue weighted by Gasteiger charge is -2.18. The van der Waals surface area contributed by atoms with Crippen molar-refractivity contribution in [3.8, 4) is 0 Å². The SMILES string of the molecule is CCCCCCCCCCCCCCCCC(=O)OC[C@@H](COC(=O)CCCCCCCCCC(C)C)OC(=O)CCCCCCCCCCC(C)C. The average Bonchev–Trinajstić information content (AvgIpc) is 3.12. The van der Waals surface area contributed by atoms with Crippen molar-refractivity contribution in [2.75, 3.05) is 13.2 Å². The molecule has 6 heteroatoms. The smallest absolute Gasteiger partial charge is 0.306 e. The summed E-state index contributed by atoms with van der Waals surface area (Å²) in [4.78, 5) is 37.7. The molecule has 0 heterocycles. The fourth-order valence-electron chi connectivity index (χ4n) is 6.93. The van der Waals surface area contributed by atoms with Gasteiger partial charge in [0.05, 0.1) is 0 Å². The molecule has 0 aromatic heterocycles. The van der Waals surface area contributed by atoms with Crippen LogP contribution < -0.4 is 0 Å². The van der Waals surface area contributed by atoms with E-state index in [0.29, 0.717) is 19.3 Å². The molecule has 0 bridgehead atoms. The Morgan fingerprint density at radius 3 is 0.925 bits per heavy atom. The Hall–Kier alpha value is -1.59. The maximum absolute atomic E-state index is 12.7. The number of ether oxygens (including phenoxy) is 3. The van der Waals surface area contributed by atoms with Crippen LogP contribution in [0.5, 0.6) is 0 Å². The summed E-state index contributed by atoms with van der Waals surface area (Å²) < 4.78 is 16.7. The lowest BCUT2D eigenvalue weighted by Crippen LogP contribution is -2.30. The van der Waals surface area contributed by atoms with E-state index < -0.39 is 6.10 Å². The molecule has 0 radical (unpaired) electrons. The molecule has 0 spiro atoms. The van der Waals surface area contributed by atoms with E-state index in [0.717, 1.165) is 69.6 Å². The molecule has 0 aliphatic carbocycles. The normalized spacial score (nSPS) is 12.1. The highest BCUT2D eigenvalue weighted by atomic mass is 16.6. The van der Waals surface area contributed by atoms with Crippen LogP contribution in [0.25, 0.3) is 0 Å². The maximum Gasteiger partial charge on any atom is 0.306 e. The number of rotatable bonds is 41. The van der Waals surface area contributed by atoms with Crippen LogP contribution in [0.2, 0.25) is 0 Å². The van der Waals surface area contributed by atoms with Crippen molar-refractivity contribution in [3.05, 3.63) is 0 Å². The van der Waals surface area contributed by atoms with Gasteiger partial charge in [-0.1, -0.05) is 214 Å². The molecular formula is C47H90O6. The van der Waals surface area contributed by atoms with Crippen LogP contribution in [0, 0.1) is 11.8 Å². The van der Waals surface area contributed by atoms with Crippen molar-refractivity contribution in [1.29, 1.82) is 0 Å². The zero-order valence-electron chi connectivity index (χ0n) is 36.1. The number of unbranched alkanes of at least 4 members (excludes halogenated alkanes) is 26. The first-order valence-electron chi connectivity index (χ1n) is 23.2. The molecule has 0 saturated carbocycles. The van der Waals surface area contributed by atoms with Gasteiger partial charge in [-0.3, -0.25) is 14.4 Å². The van der Waals surface area contributed by atoms with E-state index >= 15 is 0 Å². The molecule has 0 aromatic carbocycles. The monoisotopic (exact) mass is 751 g/mol. The highest BCUT2D eigenvalue weighted by Gasteiger charge is 2.19. The van der Waals surface area contributed by atoms with Gasteiger partial charge in [0, 0.05) is 19.3 Å². The van der Waals surface area contributed by atoms with Crippen molar-refractivity contribution >= 4 is 17.9 Å². The fourth-order valence-corrected chi connectivity index (χ4v) is 6.93. The first kappa shape index (κ1) is 51.4. The second kappa shape index (κ2) is 40.1. The van der Waals surface area contributed by atoms with Gasteiger partial charge in [0.2, 0.25) is 0 Å². The highest BCUT2D eigenvalue weighted by Crippen LogP contribution is 2.16. The third kappa shape index (κ3) is 41.4. The summed E-state index contributed by atoms with van der Waals surface area (Å²) in [6.07, 6.45) is 38.1. The lowest BCUT2D eigenvalue weighted by molar-refractivity contribution is -0.167. The van der Waals surface area contributed by atoms with Crippen LogP contribution in [0.15, 0.2) is 0 Å². The molecular weight excluding hydrogens is 661 g/mol. The topological polar surface area (TPSA) is 78.9 Å². The van der Waals surface area contributed by atoms with Crippen LogP contribution in [-0.4, -0.2) is 37.2 Å². The minimum atomic E-state index is -0.761. The number of hydrogen-bond acceptors (Lipinski definition) is 6. The summed E-state index contributed by atoms with van der Waals surface area (Å²) in [5, 5.41) is 0. The Bertz CT molecular complexity index is 809. The standard InChI is InChI=1S/C47H90O6/c1-6-7-8-9-10-11-12-13-14-15-16-22-27-32-37-45(48)51-40-44(41-52-46(49)38-33-28-24-19-21-26-31-36-43(4)5)53-47(50)39-34-29-23-18-17-20-25-30-35-42(2)3/h42-44H,6-41H2,1-5H3/t44-/m0/s1. The first-order valence-corrected chi connectivity index (χ1v) is 23.2. The Labute approximate surface area is 329 Å². The van der Waals surface area contributed by atoms with Gasteiger partial charge in [-0.25, -0.2) is 0 Å². The molecule has 314 valence electrons. The molecule has 1 atom stereocenters. The number of hydrogen-bond donors (Lipinski definition) is 0. The van der Waals surface area contributed by atoms with Gasteiger partial charge < -0.3 is 14.2 Å². The predicted octanol–water partition coefficient (Wildman–Crippen LogP) is 14.6. The second-order valence-corrected chi connectivity index (χ2v) is 17.0. The van der Waals surface area contributed by atoms with Crippen molar-refractivity contribution in [3.63, 3.8) is 0 Å². The fraction of sp³-hybridized carbons (Fsp3) is 0.936. The summed E-state index contributed by atoms with van der Waals surface area (Å²) in [6, 6.07) is 0. The summed E-state index contributed by atoms with van der Waals surface area (Å²) >= 11 is 0. The molecule has 0 aromatic rings. The Balaban J connectivity index is 4.32. The molecule has 0 aliphatic heterocycles. The van der Waals surface area contributed by atoms with Gasteiger partial charge in [-0.2, -0.15) is 0 Å². The summed E-state index contributed by atoms with van der Waals surface area (Å²) in [5.74, 6) is 0.715. The molecule has 6 nitrogen and oxygen atoms in total. The van der Waals surface area contributed by atoms with Gasteiger partial charge in [0.15, 0.2) is 6.10 Å². The van der Waals surface area contributed by atoms with Crippen LogP contribution in [0.4, 0.5) is 0 Å². The van der Waals surface area contributed by atoms with Gasteiger partial charge in [0.1, 0.15) is 13.2 Å². The number of carbonyl (C=O) groups is 3. The molecule has 0 amide bonds. The van der Waals surface area contributed by atoms with E-state index in [-0.39, 0.29) is 31.1 Å². The van der Waals surface area contributed by atoms with E-state index in [2.05, 4.69) is 34.6 Å². The van der Waals surface area contributed by atoms with Crippen molar-refractivity contribution in [2.24, 2.45) is 11.8 Å². The zero-order valence-corrected chi connectivity index (χ0v) is 36.1. The van der Waals surface area contributed by atoms with E-state index in [1.807, 2.05) is 0 Å². The molecule has 0 fully saturated rings. The van der Waals surface area contributed by atoms with Gasteiger partial charge in [-0.05, 0) is 31.1 Å². The molecule has 0 unspecified atom stereocenters. The Kier molecular flexibility index (Phi) is 38.9. The zero-order chi connectivity index (χ0) is 39.0. The number of carbonyl (C=O) groups excluding carboxylic acids is 3. The maximum atomic E-state index is 12.7. The molecule has 0 N–H and O–H groups in total. The second-order valence-electron chi connectivity index (χ2n) is 17.0. The van der Waals surface area contributed by atoms with E-state index in [1.165, 1.54) is 141 Å². The molecule has 0 saturated heterocycles. The van der Waals surface area contributed by atoms with Crippen molar-refractivity contribution < 1.29 is 28.6 Å². The highest BCUT2D eigenvalue weighted by molar-refractivity contribution is 5.71. The van der Waals surface area contributed by atoms with Crippen molar-refractivity contribution in [2.45, 2.75) is 259 Å². The third-order valence-corrected chi connectivity index (χ3v) is 10.5. The number of esters is 3. The van der Waals surface area contributed by atoms with Crippen LogP contribution in [-0.2, 0) is 28.6 Å². The van der Waals surface area contributed by atoms with Gasteiger partial charge in [0.25, 0.3) is 0 Å². The van der Waals surface area contributed by atoms with Crippen LogP contribution >= 0.6 is 0 Å². The minimum absolute atomic E-state index is 0.0654. The van der Waals surface area contributed by atoms with E-state index in [4.69, 9.17) is 14.2 Å². The Morgan fingerprint density at radius 2 is 0.623 bits per heavy atom. The minimum Gasteiger partial charge on any atom is -0.462 e. The van der Waals surface area contributed by atoms with E-state index in [1.54, 1.807) is 0 Å². The first-order chi connectivity index (χ1) is 25.7. The largest absolute Gasteiger partial charge is 0.462 e. The molecule has 0 rings (SSSR count). The quantitative estimate of drug-likeness (QED) is 0.0352. The summed E-state index contributed by atoms with van der Waals surface area (Å²) in [6.45, 7) is 11.3. The predicted molar refractivity (Wildman–Crippen MR) is 224 cm³/mol. The lowest BCUT2D eigenvalue weighted by atomic mass is 10.0. The van der Waals surface area contributed by atoms with Gasteiger partial charge >= 0.3 is 17.9 Å². The van der Waals surface area contributed by atoms with Crippen LogP contribution in [0.1, 0.15) is 253 Å². The van der Waals surface area contributed by atoms with Crippen molar-refractivity contribution in [1.82, 2.24) is 0 Å². The van der Waals surface area contributed by atoms with Crippen LogP contribution in [0.3, 0.4) is 0 Å². The summed E-state index contributed by atoms with van der Waals surface area (Å²) in [7, 11) is 0. The molecule has 0 aliphatic rings. The summed E-state index contributed by atoms with van der Waals surface area (Å²) in [5.41, 5.74) is 0. The third-order valence-electron chi connectivity index (χ3n) is 10.5.